The van der Waals surface area contributed by atoms with Crippen molar-refractivity contribution in [2.24, 2.45) is 17.3 Å². The Morgan fingerprint density at radius 3 is 2.19 bits per heavy atom. The van der Waals surface area contributed by atoms with Crippen molar-refractivity contribution >= 4 is 35.5 Å². The maximum Gasteiger partial charge on any atom is 0.312 e. The molecular formula is C26H35ClO10. The van der Waals surface area contributed by atoms with Crippen molar-refractivity contribution in [3.05, 3.63) is 12.2 Å². The van der Waals surface area contributed by atoms with Gasteiger partial charge in [0.25, 0.3) is 0 Å². The van der Waals surface area contributed by atoms with Crippen LogP contribution in [0.4, 0.5) is 0 Å². The molecule has 2 saturated carbocycles. The van der Waals surface area contributed by atoms with Crippen LogP contribution in [0.2, 0.25) is 0 Å². The van der Waals surface area contributed by atoms with E-state index in [9.17, 15) is 24.3 Å². The molecule has 2 aliphatic heterocycles. The molecule has 2 saturated heterocycles. The first-order chi connectivity index (χ1) is 17.1. The number of alkyl halides is 1. The molecule has 0 aromatic rings. The lowest BCUT2D eigenvalue weighted by Crippen LogP contribution is -2.70. The number of aliphatic hydroxyl groups is 1. The van der Waals surface area contributed by atoms with E-state index in [1.807, 2.05) is 6.92 Å². The molecule has 206 valence electrons. The summed E-state index contributed by atoms with van der Waals surface area (Å²) in [7, 11) is 0. The normalized spacial score (nSPS) is 46.9. The molecule has 4 aliphatic rings. The number of carbonyl (C=O) groups excluding carboxylic acids is 4. The quantitative estimate of drug-likeness (QED) is 0.186. The highest BCUT2D eigenvalue weighted by Crippen LogP contribution is 2.65. The first-order valence-electron chi connectivity index (χ1n) is 12.5. The second-order valence-electron chi connectivity index (χ2n) is 11.2. The molecule has 2 aliphatic carbocycles. The number of rotatable bonds is 3. The summed E-state index contributed by atoms with van der Waals surface area (Å²) in [5, 5.41) is 11.4. The van der Waals surface area contributed by atoms with E-state index < -0.39 is 88.2 Å². The highest BCUT2D eigenvalue weighted by Gasteiger charge is 2.78. The third-order valence-electron chi connectivity index (χ3n) is 8.88. The molecule has 37 heavy (non-hydrogen) atoms. The number of ether oxygens (including phenoxy) is 5. The number of esters is 4. The Morgan fingerprint density at radius 1 is 1.05 bits per heavy atom. The Bertz CT molecular complexity index is 1030. The van der Waals surface area contributed by atoms with Crippen LogP contribution < -0.4 is 0 Å². The number of carbonyl (C=O) groups is 4. The summed E-state index contributed by atoms with van der Waals surface area (Å²) in [6, 6.07) is 0. The number of halogens is 1. The van der Waals surface area contributed by atoms with E-state index in [1.54, 1.807) is 6.92 Å². The van der Waals surface area contributed by atoms with Crippen molar-refractivity contribution in [3.63, 3.8) is 0 Å². The van der Waals surface area contributed by atoms with Gasteiger partial charge in [-0.2, -0.15) is 0 Å². The molecule has 0 aromatic carbocycles. The van der Waals surface area contributed by atoms with Gasteiger partial charge in [-0.3, -0.25) is 19.2 Å². The Balaban J connectivity index is 2.01. The van der Waals surface area contributed by atoms with E-state index in [-0.39, 0.29) is 12.8 Å². The smallest absolute Gasteiger partial charge is 0.312 e. The van der Waals surface area contributed by atoms with E-state index in [0.29, 0.717) is 12.0 Å². The van der Waals surface area contributed by atoms with Crippen molar-refractivity contribution in [1.29, 1.82) is 0 Å². The molecule has 0 spiro atoms. The first-order valence-corrected chi connectivity index (χ1v) is 13.0. The number of epoxide rings is 1. The van der Waals surface area contributed by atoms with Crippen LogP contribution in [0.25, 0.3) is 0 Å². The molecule has 4 fully saturated rings. The molecule has 4 rings (SSSR count). The maximum atomic E-state index is 12.9. The summed E-state index contributed by atoms with van der Waals surface area (Å²) < 4.78 is 29.3. The van der Waals surface area contributed by atoms with Crippen molar-refractivity contribution in [1.82, 2.24) is 0 Å². The number of hydrogen-bond donors (Lipinski definition) is 1. The molecule has 1 N–H and O–H groups in total. The zero-order valence-corrected chi connectivity index (χ0v) is 22.7. The van der Waals surface area contributed by atoms with Gasteiger partial charge in [0.15, 0.2) is 11.7 Å². The molecule has 0 amide bonds. The molecular weight excluding hydrogens is 508 g/mol. The summed E-state index contributed by atoms with van der Waals surface area (Å²) in [5.41, 5.74) is -3.84. The lowest BCUT2D eigenvalue weighted by Gasteiger charge is -2.56. The largest absolute Gasteiger partial charge is 0.462 e. The van der Waals surface area contributed by atoms with Gasteiger partial charge in [0.2, 0.25) is 0 Å². The molecule has 0 radical (unpaired) electrons. The number of fused-ring (bicyclic) bond motifs is 4. The SMILES string of the molecule is C=C1CC[C@@H](OC(C)=O)[C@@]2(C)[C@@H](OC(C)=O)C[C@H]3O[C@@]3(C)[C@@H]2[C@@H](OC(C)=O)[C@]2(O)[C@@H](C)C(=O)O[C@H]2[C@H]1Cl. The predicted octanol–water partition coefficient (Wildman–Crippen LogP) is 2.22. The lowest BCUT2D eigenvalue weighted by molar-refractivity contribution is -0.236. The third kappa shape index (κ3) is 4.25. The zero-order chi connectivity index (χ0) is 27.7. The summed E-state index contributed by atoms with van der Waals surface area (Å²) >= 11 is 6.75. The molecule has 0 bridgehead atoms. The van der Waals surface area contributed by atoms with Gasteiger partial charge < -0.3 is 28.8 Å². The summed E-state index contributed by atoms with van der Waals surface area (Å²) in [6.45, 7) is 12.9. The monoisotopic (exact) mass is 542 g/mol. The molecule has 0 aromatic heterocycles. The van der Waals surface area contributed by atoms with E-state index in [1.165, 1.54) is 27.7 Å². The summed E-state index contributed by atoms with van der Waals surface area (Å²) in [6.07, 6.45) is -3.96. The van der Waals surface area contributed by atoms with Crippen molar-refractivity contribution in [2.45, 2.75) is 108 Å². The van der Waals surface area contributed by atoms with Gasteiger partial charge in [-0.15, -0.1) is 11.6 Å². The van der Waals surface area contributed by atoms with Crippen LogP contribution in [-0.2, 0) is 42.9 Å². The lowest BCUT2D eigenvalue weighted by atomic mass is 9.53. The first kappa shape index (κ1) is 27.9. The fourth-order valence-corrected chi connectivity index (χ4v) is 7.30. The second kappa shape index (κ2) is 9.24. The van der Waals surface area contributed by atoms with Gasteiger partial charge in [-0.25, -0.2) is 0 Å². The van der Waals surface area contributed by atoms with Crippen LogP contribution in [0.1, 0.15) is 60.8 Å². The topological polar surface area (TPSA) is 138 Å². The Morgan fingerprint density at radius 2 is 1.62 bits per heavy atom. The van der Waals surface area contributed by atoms with E-state index in [4.69, 9.17) is 35.3 Å². The highest BCUT2D eigenvalue weighted by atomic mass is 35.5. The average Bonchev–Trinajstić information content (AvgIpc) is 3.39. The van der Waals surface area contributed by atoms with Gasteiger partial charge in [-0.05, 0) is 26.7 Å². The minimum atomic E-state index is -2.10. The molecule has 2 heterocycles. The minimum absolute atomic E-state index is 0.245. The van der Waals surface area contributed by atoms with E-state index in [2.05, 4.69) is 6.58 Å². The Hall–Kier alpha value is -2.17. The zero-order valence-electron chi connectivity index (χ0n) is 21.9. The predicted molar refractivity (Wildman–Crippen MR) is 128 cm³/mol. The maximum absolute atomic E-state index is 12.9. The molecule has 11 atom stereocenters. The van der Waals surface area contributed by atoms with Gasteiger partial charge in [-0.1, -0.05) is 19.1 Å². The number of hydrogen-bond acceptors (Lipinski definition) is 10. The van der Waals surface area contributed by atoms with Crippen molar-refractivity contribution in [3.8, 4) is 0 Å². The van der Waals surface area contributed by atoms with Gasteiger partial charge in [0, 0.05) is 33.1 Å². The van der Waals surface area contributed by atoms with E-state index >= 15 is 0 Å². The summed E-state index contributed by atoms with van der Waals surface area (Å²) in [4.78, 5) is 50.0. The van der Waals surface area contributed by atoms with Crippen LogP contribution >= 0.6 is 11.6 Å². The third-order valence-corrected chi connectivity index (χ3v) is 9.42. The Kier molecular flexibility index (Phi) is 6.95. The second-order valence-corrected chi connectivity index (χ2v) is 11.6. The molecule has 10 nitrogen and oxygen atoms in total. The minimum Gasteiger partial charge on any atom is -0.462 e. The fraction of sp³-hybridized carbons (Fsp3) is 0.769. The average molecular weight is 543 g/mol. The summed E-state index contributed by atoms with van der Waals surface area (Å²) in [5.74, 6) is -4.56. The van der Waals surface area contributed by atoms with Gasteiger partial charge in [0.05, 0.1) is 28.4 Å². The Labute approximate surface area is 220 Å². The van der Waals surface area contributed by atoms with Gasteiger partial charge >= 0.3 is 23.9 Å². The standard InChI is InChI=1S/C26H35ClO10/c1-11-8-9-16(33-13(3)28)24(6)17(34-14(4)29)10-18-25(7,37-18)20(24)22(35-15(5)30)26(32)12(2)23(31)36-21(26)19(11)27/h12,16-22,32H,1,8-10H2,2-7H3/t12-,16+,17-,18+,19-,20+,21-,22+,24-,25+,26-/m0/s1. The highest BCUT2D eigenvalue weighted by molar-refractivity contribution is 6.23. The molecule has 11 heteroatoms. The van der Waals surface area contributed by atoms with Crippen LogP contribution in [0.15, 0.2) is 12.2 Å². The van der Waals surface area contributed by atoms with Crippen molar-refractivity contribution < 1.29 is 48.0 Å². The van der Waals surface area contributed by atoms with Gasteiger partial charge in [0.1, 0.15) is 18.3 Å². The van der Waals surface area contributed by atoms with Crippen molar-refractivity contribution in [2.75, 3.05) is 0 Å². The van der Waals surface area contributed by atoms with Crippen LogP contribution in [-0.4, -0.2) is 76.1 Å². The fourth-order valence-electron chi connectivity index (χ4n) is 6.94. The van der Waals surface area contributed by atoms with E-state index in [0.717, 1.165) is 0 Å². The van der Waals surface area contributed by atoms with Crippen LogP contribution in [0.5, 0.6) is 0 Å². The molecule has 0 unspecified atom stereocenters. The van der Waals surface area contributed by atoms with Crippen LogP contribution in [0.3, 0.4) is 0 Å². The van der Waals surface area contributed by atoms with Crippen LogP contribution in [0, 0.1) is 17.3 Å².